The first-order valence-electron chi connectivity index (χ1n) is 4.25. The molecule has 1 aromatic rings. The number of halogens is 1. The summed E-state index contributed by atoms with van der Waals surface area (Å²) in [5.74, 6) is 0.981. The molecule has 0 bridgehead atoms. The maximum absolute atomic E-state index is 5.32. The predicted octanol–water partition coefficient (Wildman–Crippen LogP) is 2.68. The number of nitrogens with zero attached hydrogens (tertiary/aromatic N) is 1. The van der Waals surface area contributed by atoms with Crippen LogP contribution >= 0.6 is 22.6 Å². The molecule has 13 heavy (non-hydrogen) atoms. The Morgan fingerprint density at radius 1 is 1.46 bits per heavy atom. The summed E-state index contributed by atoms with van der Waals surface area (Å²) < 4.78 is 6.42. The second-order valence-corrected chi connectivity index (χ2v) is 4.06. The van der Waals surface area contributed by atoms with E-state index in [0.717, 1.165) is 27.9 Å². The van der Waals surface area contributed by atoms with Crippen LogP contribution in [0, 0.1) is 13.8 Å². The Labute approximate surface area is 92.9 Å². The molecule has 0 amide bonds. The number of rotatable bonds is 3. The van der Waals surface area contributed by atoms with E-state index in [2.05, 4.69) is 34.5 Å². The molecule has 0 aromatic carbocycles. The molecule has 0 aliphatic carbocycles. The molecule has 0 aliphatic heterocycles. The quantitative estimate of drug-likeness (QED) is 0.631. The second-order valence-electron chi connectivity index (χ2n) is 2.99. The summed E-state index contributed by atoms with van der Waals surface area (Å²) in [5, 5.41) is 0. The van der Waals surface area contributed by atoms with Crippen LogP contribution in [-0.2, 0) is 6.42 Å². The van der Waals surface area contributed by atoms with Gasteiger partial charge >= 0.3 is 0 Å². The van der Waals surface area contributed by atoms with Gasteiger partial charge in [-0.2, -0.15) is 0 Å². The minimum Gasteiger partial charge on any atom is -0.496 e. The van der Waals surface area contributed by atoms with E-state index in [4.69, 9.17) is 4.74 Å². The molecule has 3 heteroatoms. The number of alkyl halides is 1. The van der Waals surface area contributed by atoms with Crippen LogP contribution in [-0.4, -0.2) is 16.5 Å². The summed E-state index contributed by atoms with van der Waals surface area (Å²) in [7, 11) is 1.71. The third-order valence-electron chi connectivity index (χ3n) is 2.08. The molecule has 0 radical (unpaired) electrons. The minimum absolute atomic E-state index is 0.981. The number of pyridine rings is 1. The number of hydrogen-bond acceptors (Lipinski definition) is 2. The summed E-state index contributed by atoms with van der Waals surface area (Å²) in [4.78, 5) is 4.39. The molecule has 0 spiro atoms. The summed E-state index contributed by atoms with van der Waals surface area (Å²) in [6.07, 6.45) is 2.90. The Morgan fingerprint density at radius 3 is 2.69 bits per heavy atom. The molecule has 1 heterocycles. The number of aromatic nitrogens is 1. The average Bonchev–Trinajstić information content (AvgIpc) is 2.11. The van der Waals surface area contributed by atoms with E-state index in [1.807, 2.05) is 13.1 Å². The lowest BCUT2D eigenvalue weighted by Gasteiger charge is -2.11. The highest BCUT2D eigenvalue weighted by molar-refractivity contribution is 14.1. The highest BCUT2D eigenvalue weighted by atomic mass is 127. The molecule has 1 aromatic heterocycles. The standard InChI is InChI=1S/C10H14INO/c1-7-6-12-9(4-5-11)8(2)10(7)13-3/h6H,4-5H2,1-3H3. The first-order valence-corrected chi connectivity index (χ1v) is 5.78. The molecular formula is C10H14INO. The number of aryl methyl sites for hydroxylation is 2. The van der Waals surface area contributed by atoms with E-state index < -0.39 is 0 Å². The monoisotopic (exact) mass is 291 g/mol. The largest absolute Gasteiger partial charge is 0.496 e. The van der Waals surface area contributed by atoms with Gasteiger partial charge in [-0.1, -0.05) is 22.6 Å². The molecule has 72 valence electrons. The summed E-state index contributed by atoms with van der Waals surface area (Å²) in [6.45, 7) is 4.09. The van der Waals surface area contributed by atoms with Crippen molar-refractivity contribution >= 4 is 22.6 Å². The van der Waals surface area contributed by atoms with Gasteiger partial charge in [0, 0.05) is 27.4 Å². The van der Waals surface area contributed by atoms with Gasteiger partial charge in [0.1, 0.15) is 5.75 Å². The Kier molecular flexibility index (Phi) is 3.96. The van der Waals surface area contributed by atoms with Crippen LogP contribution in [0.1, 0.15) is 16.8 Å². The fourth-order valence-corrected chi connectivity index (χ4v) is 1.92. The van der Waals surface area contributed by atoms with Gasteiger partial charge < -0.3 is 4.74 Å². The molecule has 0 fully saturated rings. The van der Waals surface area contributed by atoms with Crippen molar-refractivity contribution in [3.05, 3.63) is 23.0 Å². The SMILES string of the molecule is COc1c(C)cnc(CCI)c1C. The van der Waals surface area contributed by atoms with E-state index in [9.17, 15) is 0 Å². The molecule has 0 unspecified atom stereocenters. The van der Waals surface area contributed by atoms with Crippen molar-refractivity contribution in [2.45, 2.75) is 20.3 Å². The fraction of sp³-hybridized carbons (Fsp3) is 0.500. The van der Waals surface area contributed by atoms with E-state index in [0.29, 0.717) is 0 Å². The molecule has 0 saturated carbocycles. The third-order valence-corrected chi connectivity index (χ3v) is 2.62. The van der Waals surface area contributed by atoms with Gasteiger partial charge in [-0.3, -0.25) is 4.98 Å². The topological polar surface area (TPSA) is 22.1 Å². The molecular weight excluding hydrogens is 277 g/mol. The molecule has 0 saturated heterocycles. The second kappa shape index (κ2) is 4.79. The highest BCUT2D eigenvalue weighted by Crippen LogP contribution is 2.24. The Hall–Kier alpha value is -0.320. The van der Waals surface area contributed by atoms with E-state index in [-0.39, 0.29) is 0 Å². The van der Waals surface area contributed by atoms with Gasteiger partial charge in [0.15, 0.2) is 0 Å². The van der Waals surface area contributed by atoms with Crippen LogP contribution < -0.4 is 4.74 Å². The van der Waals surface area contributed by atoms with Crippen LogP contribution in [0.15, 0.2) is 6.20 Å². The van der Waals surface area contributed by atoms with Crippen LogP contribution in [0.25, 0.3) is 0 Å². The van der Waals surface area contributed by atoms with E-state index in [1.165, 1.54) is 5.56 Å². The fourth-order valence-electron chi connectivity index (χ4n) is 1.41. The van der Waals surface area contributed by atoms with Gasteiger partial charge in [0.2, 0.25) is 0 Å². The van der Waals surface area contributed by atoms with E-state index in [1.54, 1.807) is 7.11 Å². The Balaban J connectivity index is 3.11. The predicted molar refractivity (Wildman–Crippen MR) is 62.9 cm³/mol. The minimum atomic E-state index is 0.981. The van der Waals surface area contributed by atoms with Crippen LogP contribution in [0.5, 0.6) is 5.75 Å². The average molecular weight is 291 g/mol. The van der Waals surface area contributed by atoms with Crippen molar-refractivity contribution in [2.75, 3.05) is 11.5 Å². The molecule has 0 aliphatic rings. The maximum Gasteiger partial charge on any atom is 0.128 e. The third kappa shape index (κ3) is 2.33. The summed E-state index contributed by atoms with van der Waals surface area (Å²) in [5.41, 5.74) is 3.44. The molecule has 0 atom stereocenters. The Morgan fingerprint density at radius 2 is 2.15 bits per heavy atom. The zero-order chi connectivity index (χ0) is 9.84. The lowest BCUT2D eigenvalue weighted by Crippen LogP contribution is -2.00. The first-order chi connectivity index (χ1) is 6.20. The van der Waals surface area contributed by atoms with Gasteiger partial charge in [-0.25, -0.2) is 0 Å². The number of methoxy groups -OCH3 is 1. The van der Waals surface area contributed by atoms with Crippen molar-refractivity contribution in [3.63, 3.8) is 0 Å². The zero-order valence-corrected chi connectivity index (χ0v) is 10.4. The van der Waals surface area contributed by atoms with Crippen molar-refractivity contribution in [3.8, 4) is 5.75 Å². The van der Waals surface area contributed by atoms with Crippen molar-refractivity contribution in [1.29, 1.82) is 0 Å². The van der Waals surface area contributed by atoms with Crippen LogP contribution in [0.3, 0.4) is 0 Å². The number of hydrogen-bond donors (Lipinski definition) is 0. The first kappa shape index (κ1) is 10.8. The molecule has 0 N–H and O–H groups in total. The zero-order valence-electron chi connectivity index (χ0n) is 8.22. The summed E-state index contributed by atoms with van der Waals surface area (Å²) in [6, 6.07) is 0. The smallest absolute Gasteiger partial charge is 0.128 e. The van der Waals surface area contributed by atoms with Gasteiger partial charge in [0.25, 0.3) is 0 Å². The van der Waals surface area contributed by atoms with Gasteiger partial charge in [-0.05, 0) is 20.3 Å². The van der Waals surface area contributed by atoms with Crippen molar-refractivity contribution in [1.82, 2.24) is 4.98 Å². The van der Waals surface area contributed by atoms with Crippen LogP contribution in [0.2, 0.25) is 0 Å². The molecule has 2 nitrogen and oxygen atoms in total. The van der Waals surface area contributed by atoms with E-state index >= 15 is 0 Å². The number of ether oxygens (including phenoxy) is 1. The molecule has 1 rings (SSSR count). The summed E-state index contributed by atoms with van der Waals surface area (Å²) >= 11 is 2.36. The van der Waals surface area contributed by atoms with Gasteiger partial charge in [0.05, 0.1) is 7.11 Å². The normalized spacial score (nSPS) is 10.2. The van der Waals surface area contributed by atoms with Crippen LogP contribution in [0.4, 0.5) is 0 Å². The highest BCUT2D eigenvalue weighted by Gasteiger charge is 2.07. The van der Waals surface area contributed by atoms with Crippen molar-refractivity contribution in [2.24, 2.45) is 0 Å². The lowest BCUT2D eigenvalue weighted by atomic mass is 10.1. The Bertz CT molecular complexity index is 299. The van der Waals surface area contributed by atoms with Gasteiger partial charge in [-0.15, -0.1) is 0 Å². The lowest BCUT2D eigenvalue weighted by molar-refractivity contribution is 0.407. The maximum atomic E-state index is 5.32. The van der Waals surface area contributed by atoms with Crippen molar-refractivity contribution < 1.29 is 4.74 Å².